The Morgan fingerprint density at radius 3 is 2.43 bits per heavy atom. The molecule has 0 amide bonds. The zero-order chi connectivity index (χ0) is 16.2. The lowest BCUT2D eigenvalue weighted by Gasteiger charge is -2.23. The summed E-state index contributed by atoms with van der Waals surface area (Å²) in [6.45, 7) is 1.96. The summed E-state index contributed by atoms with van der Waals surface area (Å²) < 4.78 is 0. The van der Waals surface area contributed by atoms with E-state index in [1.54, 1.807) is 12.1 Å². The van der Waals surface area contributed by atoms with Gasteiger partial charge in [0.25, 0.3) is 0 Å². The SMILES string of the molecule is Nc1c(Nc2ccc(Cl)c(Cl)c2)ncnc1N1CCCCCC1. The summed E-state index contributed by atoms with van der Waals surface area (Å²) in [5.74, 6) is 1.38. The van der Waals surface area contributed by atoms with Gasteiger partial charge >= 0.3 is 0 Å². The van der Waals surface area contributed by atoms with Gasteiger partial charge in [-0.05, 0) is 31.0 Å². The summed E-state index contributed by atoms with van der Waals surface area (Å²) in [7, 11) is 0. The summed E-state index contributed by atoms with van der Waals surface area (Å²) in [4.78, 5) is 10.9. The van der Waals surface area contributed by atoms with Gasteiger partial charge in [-0.1, -0.05) is 36.0 Å². The zero-order valence-corrected chi connectivity index (χ0v) is 14.2. The smallest absolute Gasteiger partial charge is 0.159 e. The highest BCUT2D eigenvalue weighted by molar-refractivity contribution is 6.42. The maximum atomic E-state index is 6.29. The van der Waals surface area contributed by atoms with Crippen molar-refractivity contribution >= 4 is 46.2 Å². The average Bonchev–Trinajstić information content (AvgIpc) is 2.82. The van der Waals surface area contributed by atoms with Crippen molar-refractivity contribution in [1.29, 1.82) is 0 Å². The normalized spacial score (nSPS) is 15.3. The van der Waals surface area contributed by atoms with Crippen molar-refractivity contribution in [2.24, 2.45) is 0 Å². The maximum Gasteiger partial charge on any atom is 0.159 e. The average molecular weight is 352 g/mol. The molecule has 2 heterocycles. The summed E-state index contributed by atoms with van der Waals surface area (Å²) in [6.07, 6.45) is 6.39. The van der Waals surface area contributed by atoms with Gasteiger partial charge in [-0.25, -0.2) is 9.97 Å². The minimum Gasteiger partial charge on any atom is -0.393 e. The van der Waals surface area contributed by atoms with Crippen LogP contribution in [-0.4, -0.2) is 23.1 Å². The number of nitrogens with one attached hydrogen (secondary N) is 1. The van der Waals surface area contributed by atoms with Crippen LogP contribution < -0.4 is 16.0 Å². The summed E-state index contributed by atoms with van der Waals surface area (Å²) in [5, 5.41) is 4.19. The number of benzene rings is 1. The van der Waals surface area contributed by atoms with E-state index in [4.69, 9.17) is 28.9 Å². The topological polar surface area (TPSA) is 67.1 Å². The fourth-order valence-corrected chi connectivity index (χ4v) is 3.03. The molecular formula is C16H19Cl2N5. The van der Waals surface area contributed by atoms with Gasteiger partial charge in [0.1, 0.15) is 12.0 Å². The number of nitrogens with two attached hydrogens (primary N) is 1. The van der Waals surface area contributed by atoms with Crippen molar-refractivity contribution in [2.45, 2.75) is 25.7 Å². The van der Waals surface area contributed by atoms with Crippen LogP contribution in [0.2, 0.25) is 10.0 Å². The molecule has 2 aromatic rings. The lowest BCUT2D eigenvalue weighted by atomic mass is 10.2. The molecule has 5 nitrogen and oxygen atoms in total. The third-order valence-corrected chi connectivity index (χ3v) is 4.69. The Morgan fingerprint density at radius 1 is 1.00 bits per heavy atom. The third kappa shape index (κ3) is 3.79. The number of halogens is 2. The first kappa shape index (κ1) is 16.1. The summed E-state index contributed by atoms with van der Waals surface area (Å²) in [6, 6.07) is 5.32. The molecule has 7 heteroatoms. The molecule has 0 unspecified atom stereocenters. The van der Waals surface area contributed by atoms with E-state index in [1.165, 1.54) is 32.0 Å². The van der Waals surface area contributed by atoms with E-state index in [9.17, 15) is 0 Å². The van der Waals surface area contributed by atoms with Gasteiger partial charge in [0, 0.05) is 18.8 Å². The Labute approximate surface area is 145 Å². The quantitative estimate of drug-likeness (QED) is 0.852. The molecule has 0 radical (unpaired) electrons. The molecule has 1 saturated heterocycles. The van der Waals surface area contributed by atoms with Gasteiger partial charge < -0.3 is 16.0 Å². The molecule has 0 aliphatic carbocycles. The van der Waals surface area contributed by atoms with Crippen LogP contribution in [0.5, 0.6) is 0 Å². The molecule has 0 atom stereocenters. The van der Waals surface area contributed by atoms with Gasteiger partial charge in [0.2, 0.25) is 0 Å². The molecule has 1 aliphatic rings. The van der Waals surface area contributed by atoms with Crippen molar-refractivity contribution in [1.82, 2.24) is 9.97 Å². The molecule has 1 fully saturated rings. The Morgan fingerprint density at radius 2 is 1.74 bits per heavy atom. The van der Waals surface area contributed by atoms with Gasteiger partial charge in [0.05, 0.1) is 10.0 Å². The van der Waals surface area contributed by atoms with Crippen LogP contribution in [0.3, 0.4) is 0 Å². The van der Waals surface area contributed by atoms with Crippen molar-refractivity contribution in [3.63, 3.8) is 0 Å². The number of hydrogen-bond acceptors (Lipinski definition) is 5. The molecule has 3 N–H and O–H groups in total. The summed E-state index contributed by atoms with van der Waals surface area (Å²) in [5.41, 5.74) is 7.63. The largest absolute Gasteiger partial charge is 0.393 e. The van der Waals surface area contributed by atoms with E-state index in [0.717, 1.165) is 24.6 Å². The van der Waals surface area contributed by atoms with Crippen molar-refractivity contribution in [3.8, 4) is 0 Å². The number of nitrogens with zero attached hydrogens (tertiary/aromatic N) is 3. The van der Waals surface area contributed by atoms with Crippen LogP contribution >= 0.6 is 23.2 Å². The Balaban J connectivity index is 1.85. The standard InChI is InChI=1S/C16H19Cl2N5/c17-12-6-5-11(9-13(12)18)22-15-14(19)16(21-10-20-15)23-7-3-1-2-4-8-23/h5-6,9-10H,1-4,7-8,19H2,(H,20,21,22). The van der Waals surface area contributed by atoms with E-state index in [-0.39, 0.29) is 0 Å². The number of rotatable bonds is 3. The first-order valence-corrected chi connectivity index (χ1v) is 8.48. The molecule has 0 bridgehead atoms. The van der Waals surface area contributed by atoms with E-state index >= 15 is 0 Å². The molecule has 3 rings (SSSR count). The fourth-order valence-electron chi connectivity index (χ4n) is 2.73. The monoisotopic (exact) mass is 351 g/mol. The lowest BCUT2D eigenvalue weighted by Crippen LogP contribution is -2.26. The van der Waals surface area contributed by atoms with E-state index in [0.29, 0.717) is 21.6 Å². The highest BCUT2D eigenvalue weighted by Crippen LogP contribution is 2.31. The van der Waals surface area contributed by atoms with Crippen LogP contribution in [0.1, 0.15) is 25.7 Å². The molecule has 0 spiro atoms. The van der Waals surface area contributed by atoms with Crippen LogP contribution in [0.4, 0.5) is 23.0 Å². The second-order valence-electron chi connectivity index (χ2n) is 5.61. The van der Waals surface area contributed by atoms with Crippen LogP contribution in [0.25, 0.3) is 0 Å². The van der Waals surface area contributed by atoms with Crippen LogP contribution in [-0.2, 0) is 0 Å². The number of nitrogen functional groups attached to an aromatic ring is 1. The Kier molecular flexibility index (Phi) is 5.08. The Hall–Kier alpha value is -1.72. The molecule has 1 aromatic carbocycles. The second-order valence-corrected chi connectivity index (χ2v) is 6.43. The minimum atomic E-state index is 0.483. The first-order chi connectivity index (χ1) is 11.1. The first-order valence-electron chi connectivity index (χ1n) is 7.72. The van der Waals surface area contributed by atoms with Crippen molar-refractivity contribution < 1.29 is 0 Å². The van der Waals surface area contributed by atoms with E-state index < -0.39 is 0 Å². The van der Waals surface area contributed by atoms with E-state index in [2.05, 4.69) is 20.2 Å². The minimum absolute atomic E-state index is 0.483. The molecule has 1 aromatic heterocycles. The highest BCUT2D eigenvalue weighted by atomic mass is 35.5. The van der Waals surface area contributed by atoms with E-state index in [1.807, 2.05) is 6.07 Å². The predicted molar refractivity (Wildman–Crippen MR) is 96.9 cm³/mol. The molecule has 23 heavy (non-hydrogen) atoms. The lowest BCUT2D eigenvalue weighted by molar-refractivity contribution is 0.726. The fraction of sp³-hybridized carbons (Fsp3) is 0.375. The number of anilines is 4. The van der Waals surface area contributed by atoms with Gasteiger partial charge in [-0.2, -0.15) is 0 Å². The van der Waals surface area contributed by atoms with Gasteiger partial charge in [-0.15, -0.1) is 0 Å². The van der Waals surface area contributed by atoms with Crippen molar-refractivity contribution in [2.75, 3.05) is 29.0 Å². The molecule has 0 saturated carbocycles. The van der Waals surface area contributed by atoms with Gasteiger partial charge in [0.15, 0.2) is 11.6 Å². The molecular weight excluding hydrogens is 333 g/mol. The number of aromatic nitrogens is 2. The zero-order valence-electron chi connectivity index (χ0n) is 12.7. The predicted octanol–water partition coefficient (Wildman–Crippen LogP) is 4.49. The third-order valence-electron chi connectivity index (χ3n) is 3.95. The van der Waals surface area contributed by atoms with Crippen molar-refractivity contribution in [3.05, 3.63) is 34.6 Å². The van der Waals surface area contributed by atoms with Gasteiger partial charge in [-0.3, -0.25) is 0 Å². The molecule has 122 valence electrons. The maximum absolute atomic E-state index is 6.29. The second kappa shape index (κ2) is 7.23. The molecule has 1 aliphatic heterocycles. The summed E-state index contributed by atoms with van der Waals surface area (Å²) >= 11 is 12.0. The highest BCUT2D eigenvalue weighted by Gasteiger charge is 2.17. The van der Waals surface area contributed by atoms with Crippen LogP contribution in [0.15, 0.2) is 24.5 Å². The Bertz CT molecular complexity index is 684. The van der Waals surface area contributed by atoms with Crippen LogP contribution in [0, 0.1) is 0 Å². The number of hydrogen-bond donors (Lipinski definition) is 2.